The Balaban J connectivity index is 1.82. The first-order valence-electron chi connectivity index (χ1n) is 7.26. The SMILES string of the molecule is NNC(c1ccc(F)cc1Br)C1CCOC2(CCOC2)C1. The van der Waals surface area contributed by atoms with E-state index in [0.29, 0.717) is 19.1 Å². The molecule has 4 nitrogen and oxygen atoms in total. The summed E-state index contributed by atoms with van der Waals surface area (Å²) >= 11 is 3.44. The van der Waals surface area contributed by atoms with Crippen molar-refractivity contribution >= 4 is 15.9 Å². The van der Waals surface area contributed by atoms with Crippen LogP contribution in [0.15, 0.2) is 22.7 Å². The molecule has 6 heteroatoms. The van der Waals surface area contributed by atoms with Crippen molar-refractivity contribution in [2.75, 3.05) is 19.8 Å². The van der Waals surface area contributed by atoms with Crippen molar-refractivity contribution in [1.82, 2.24) is 5.43 Å². The molecule has 0 radical (unpaired) electrons. The van der Waals surface area contributed by atoms with E-state index in [-0.39, 0.29) is 17.5 Å². The highest BCUT2D eigenvalue weighted by atomic mass is 79.9. The summed E-state index contributed by atoms with van der Waals surface area (Å²) in [6.07, 6.45) is 2.78. The standard InChI is InChI=1S/C15H20BrFN2O2/c16-13-7-11(17)1-2-12(13)14(19-18)10-3-5-21-15(8-10)4-6-20-9-15/h1-2,7,10,14,19H,3-6,8-9,18H2. The van der Waals surface area contributed by atoms with E-state index in [2.05, 4.69) is 21.4 Å². The number of nitrogens with two attached hydrogens (primary N) is 1. The number of rotatable bonds is 3. The van der Waals surface area contributed by atoms with Gasteiger partial charge in [0.05, 0.1) is 18.2 Å². The van der Waals surface area contributed by atoms with Crippen LogP contribution in [-0.2, 0) is 9.47 Å². The largest absolute Gasteiger partial charge is 0.378 e. The van der Waals surface area contributed by atoms with Crippen molar-refractivity contribution < 1.29 is 13.9 Å². The van der Waals surface area contributed by atoms with Gasteiger partial charge in [0.15, 0.2) is 0 Å². The lowest BCUT2D eigenvalue weighted by atomic mass is 9.79. The Bertz CT molecular complexity index is 508. The highest BCUT2D eigenvalue weighted by Gasteiger charge is 2.43. The first-order chi connectivity index (χ1) is 10.1. The van der Waals surface area contributed by atoms with Gasteiger partial charge in [-0.2, -0.15) is 0 Å². The number of nitrogens with one attached hydrogen (secondary N) is 1. The zero-order valence-corrected chi connectivity index (χ0v) is 13.4. The van der Waals surface area contributed by atoms with E-state index in [4.69, 9.17) is 15.3 Å². The minimum absolute atomic E-state index is 0.0265. The van der Waals surface area contributed by atoms with Crippen molar-refractivity contribution in [2.45, 2.75) is 30.9 Å². The molecule has 2 aliphatic rings. The Morgan fingerprint density at radius 1 is 1.43 bits per heavy atom. The molecule has 116 valence electrons. The number of hydrogen-bond donors (Lipinski definition) is 2. The predicted octanol–water partition coefficient (Wildman–Crippen LogP) is 2.68. The van der Waals surface area contributed by atoms with E-state index >= 15 is 0 Å². The average Bonchev–Trinajstić information content (AvgIpc) is 2.90. The van der Waals surface area contributed by atoms with Gasteiger partial charge in [-0.1, -0.05) is 22.0 Å². The Hall–Kier alpha value is -0.530. The molecule has 2 heterocycles. The van der Waals surface area contributed by atoms with Crippen molar-refractivity contribution in [1.29, 1.82) is 0 Å². The molecule has 0 aromatic heterocycles. The minimum atomic E-state index is -0.256. The minimum Gasteiger partial charge on any atom is -0.378 e. The number of halogens is 2. The summed E-state index contributed by atoms with van der Waals surface area (Å²) in [4.78, 5) is 0. The fraction of sp³-hybridized carbons (Fsp3) is 0.600. The normalized spacial score (nSPS) is 30.7. The van der Waals surface area contributed by atoms with Crippen LogP contribution >= 0.6 is 15.9 Å². The van der Waals surface area contributed by atoms with Gasteiger partial charge in [0.2, 0.25) is 0 Å². The fourth-order valence-corrected chi connectivity index (χ4v) is 4.04. The molecule has 3 rings (SSSR count). The zero-order chi connectivity index (χ0) is 14.9. The molecule has 0 saturated carbocycles. The van der Waals surface area contributed by atoms with Crippen LogP contribution < -0.4 is 11.3 Å². The van der Waals surface area contributed by atoms with Gasteiger partial charge in [0.1, 0.15) is 5.82 Å². The van der Waals surface area contributed by atoms with Crippen molar-refractivity contribution in [3.05, 3.63) is 34.1 Å². The lowest BCUT2D eigenvalue weighted by Crippen LogP contribution is -2.45. The molecule has 3 atom stereocenters. The summed E-state index contributed by atoms with van der Waals surface area (Å²) in [5.74, 6) is 5.88. The number of hydrazine groups is 1. The highest BCUT2D eigenvalue weighted by molar-refractivity contribution is 9.10. The first kappa shape index (κ1) is 15.4. The summed E-state index contributed by atoms with van der Waals surface area (Å²) in [6, 6.07) is 4.71. The molecule has 2 fully saturated rings. The molecule has 0 bridgehead atoms. The molecule has 0 aliphatic carbocycles. The van der Waals surface area contributed by atoms with E-state index in [1.165, 1.54) is 12.1 Å². The van der Waals surface area contributed by atoms with E-state index in [0.717, 1.165) is 35.9 Å². The quantitative estimate of drug-likeness (QED) is 0.644. The highest BCUT2D eigenvalue weighted by Crippen LogP contribution is 2.42. The van der Waals surface area contributed by atoms with Gasteiger partial charge in [0, 0.05) is 24.1 Å². The maximum Gasteiger partial charge on any atom is 0.124 e. The molecular formula is C15H20BrFN2O2. The van der Waals surface area contributed by atoms with Crippen LogP contribution in [0.25, 0.3) is 0 Å². The molecule has 0 amide bonds. The van der Waals surface area contributed by atoms with Crippen LogP contribution in [0.5, 0.6) is 0 Å². The van der Waals surface area contributed by atoms with Crippen LogP contribution in [0, 0.1) is 11.7 Å². The Morgan fingerprint density at radius 2 is 2.29 bits per heavy atom. The number of benzene rings is 1. The topological polar surface area (TPSA) is 56.5 Å². The summed E-state index contributed by atoms with van der Waals surface area (Å²) in [7, 11) is 0. The molecule has 21 heavy (non-hydrogen) atoms. The van der Waals surface area contributed by atoms with Crippen LogP contribution in [0.3, 0.4) is 0 Å². The van der Waals surface area contributed by atoms with Crippen LogP contribution in [0.2, 0.25) is 0 Å². The second-order valence-electron chi connectivity index (χ2n) is 5.90. The van der Waals surface area contributed by atoms with E-state index in [1.807, 2.05) is 0 Å². The monoisotopic (exact) mass is 358 g/mol. The molecule has 2 saturated heterocycles. The van der Waals surface area contributed by atoms with Crippen molar-refractivity contribution in [3.63, 3.8) is 0 Å². The molecule has 3 unspecified atom stereocenters. The summed E-state index contributed by atoms with van der Waals surface area (Å²) in [5, 5.41) is 0. The number of ether oxygens (including phenoxy) is 2. The molecule has 1 aromatic carbocycles. The second kappa shape index (κ2) is 6.30. The third kappa shape index (κ3) is 3.14. The molecular weight excluding hydrogens is 339 g/mol. The maximum atomic E-state index is 13.3. The number of hydrogen-bond acceptors (Lipinski definition) is 4. The van der Waals surface area contributed by atoms with Gasteiger partial charge >= 0.3 is 0 Å². The van der Waals surface area contributed by atoms with E-state index in [9.17, 15) is 4.39 Å². The zero-order valence-electron chi connectivity index (χ0n) is 11.8. The lowest BCUT2D eigenvalue weighted by molar-refractivity contribution is -0.103. The second-order valence-corrected chi connectivity index (χ2v) is 6.75. The fourth-order valence-electron chi connectivity index (χ4n) is 3.45. The Kier molecular flexibility index (Phi) is 4.61. The Labute approximate surface area is 132 Å². The van der Waals surface area contributed by atoms with Crippen LogP contribution in [-0.4, -0.2) is 25.4 Å². The average molecular weight is 359 g/mol. The third-order valence-electron chi connectivity index (χ3n) is 4.55. The van der Waals surface area contributed by atoms with Crippen LogP contribution in [0.4, 0.5) is 4.39 Å². The predicted molar refractivity (Wildman–Crippen MR) is 81.0 cm³/mol. The summed E-state index contributed by atoms with van der Waals surface area (Å²) in [6.45, 7) is 2.13. The van der Waals surface area contributed by atoms with Gasteiger partial charge in [0.25, 0.3) is 0 Å². The Morgan fingerprint density at radius 3 is 2.95 bits per heavy atom. The van der Waals surface area contributed by atoms with Gasteiger partial charge in [-0.25, -0.2) is 4.39 Å². The van der Waals surface area contributed by atoms with Crippen molar-refractivity contribution in [2.24, 2.45) is 11.8 Å². The summed E-state index contributed by atoms with van der Waals surface area (Å²) < 4.78 is 25.5. The third-order valence-corrected chi connectivity index (χ3v) is 5.23. The van der Waals surface area contributed by atoms with Gasteiger partial charge < -0.3 is 9.47 Å². The maximum absolute atomic E-state index is 13.3. The summed E-state index contributed by atoms with van der Waals surface area (Å²) in [5.41, 5.74) is 3.73. The van der Waals surface area contributed by atoms with Crippen molar-refractivity contribution in [3.8, 4) is 0 Å². The molecule has 1 spiro atoms. The molecule has 1 aromatic rings. The molecule has 2 aliphatic heterocycles. The van der Waals surface area contributed by atoms with E-state index < -0.39 is 0 Å². The van der Waals surface area contributed by atoms with Gasteiger partial charge in [-0.3, -0.25) is 11.3 Å². The van der Waals surface area contributed by atoms with Gasteiger partial charge in [-0.15, -0.1) is 0 Å². The smallest absolute Gasteiger partial charge is 0.124 e. The first-order valence-corrected chi connectivity index (χ1v) is 8.06. The lowest BCUT2D eigenvalue weighted by Gasteiger charge is -2.40. The van der Waals surface area contributed by atoms with Gasteiger partial charge in [-0.05, 0) is 36.5 Å². The van der Waals surface area contributed by atoms with Crippen LogP contribution in [0.1, 0.15) is 30.9 Å². The molecule has 3 N–H and O–H groups in total. The van der Waals surface area contributed by atoms with E-state index in [1.54, 1.807) is 6.07 Å².